The van der Waals surface area contributed by atoms with Gasteiger partial charge < -0.3 is 0 Å². The van der Waals surface area contributed by atoms with Gasteiger partial charge in [0.1, 0.15) is 0 Å². The molecule has 0 bridgehead atoms. The highest BCUT2D eigenvalue weighted by Crippen LogP contribution is 2.39. The SMILES string of the molecule is FC(F)=C(F)c1cc(C(F)F)c(C(F)=C(F)F)cc1C(F)F. The normalized spacial score (nSPS) is 11.1. The predicted molar refractivity (Wildman–Crippen MR) is 56.8 cm³/mol. The molecule has 0 unspecified atom stereocenters. The predicted octanol–water partition coefficient (Wildman–Crippen LogP) is 6.63. The molecule has 0 atom stereocenters. The maximum absolute atomic E-state index is 13.1. The summed E-state index contributed by atoms with van der Waals surface area (Å²) in [5, 5.41) is 0. The smallest absolute Gasteiger partial charge is 0.205 e. The van der Waals surface area contributed by atoms with Crippen LogP contribution in [0, 0.1) is 0 Å². The summed E-state index contributed by atoms with van der Waals surface area (Å²) in [5.74, 6) is -5.07. The zero-order chi connectivity index (χ0) is 17.2. The van der Waals surface area contributed by atoms with Crippen LogP contribution in [0.3, 0.4) is 0 Å². The van der Waals surface area contributed by atoms with Crippen molar-refractivity contribution >= 4 is 11.7 Å². The highest BCUT2D eigenvalue weighted by molar-refractivity contribution is 5.71. The van der Waals surface area contributed by atoms with Crippen LogP contribution in [0.4, 0.5) is 43.9 Å². The highest BCUT2D eigenvalue weighted by Gasteiger charge is 2.27. The standard InChI is InChI=1S/C12H4F10/c13-7(11(19)20)3-1-5(9(15)16)4(8(14)12(21)22)2-6(3)10(17)18/h1-2,9-10H. The molecule has 0 spiro atoms. The Hall–Kier alpha value is -2.00. The van der Waals surface area contributed by atoms with Crippen LogP contribution in [0.1, 0.15) is 35.1 Å². The van der Waals surface area contributed by atoms with E-state index in [2.05, 4.69) is 0 Å². The van der Waals surface area contributed by atoms with E-state index in [-0.39, 0.29) is 12.1 Å². The van der Waals surface area contributed by atoms with E-state index in [1.165, 1.54) is 0 Å². The zero-order valence-corrected chi connectivity index (χ0v) is 10.1. The van der Waals surface area contributed by atoms with Gasteiger partial charge in [0.25, 0.3) is 12.9 Å². The Morgan fingerprint density at radius 1 is 0.591 bits per heavy atom. The number of alkyl halides is 4. The summed E-state index contributed by atoms with van der Waals surface area (Å²) in [6.45, 7) is 0. The van der Waals surface area contributed by atoms with E-state index in [0.717, 1.165) is 0 Å². The Bertz CT molecular complexity index is 565. The average molecular weight is 338 g/mol. The first-order valence-corrected chi connectivity index (χ1v) is 5.24. The van der Waals surface area contributed by atoms with Gasteiger partial charge in [-0.2, -0.15) is 17.6 Å². The summed E-state index contributed by atoms with van der Waals surface area (Å²) < 4.78 is 126. The molecule has 0 nitrogen and oxygen atoms in total. The van der Waals surface area contributed by atoms with Gasteiger partial charge in [0.05, 0.1) is 0 Å². The Labute approximate surface area is 116 Å². The fraction of sp³-hybridized carbons (Fsp3) is 0.167. The van der Waals surface area contributed by atoms with Crippen LogP contribution >= 0.6 is 0 Å². The Balaban J connectivity index is 3.82. The molecule has 0 aliphatic heterocycles. The van der Waals surface area contributed by atoms with Crippen LogP contribution in [0.25, 0.3) is 11.7 Å². The van der Waals surface area contributed by atoms with E-state index in [0.29, 0.717) is 0 Å². The van der Waals surface area contributed by atoms with Gasteiger partial charge >= 0.3 is 12.2 Å². The van der Waals surface area contributed by atoms with Crippen LogP contribution in [0.5, 0.6) is 0 Å². The van der Waals surface area contributed by atoms with E-state index in [9.17, 15) is 43.9 Å². The van der Waals surface area contributed by atoms with Crippen LogP contribution in [-0.2, 0) is 0 Å². The van der Waals surface area contributed by atoms with Gasteiger partial charge in [-0.1, -0.05) is 0 Å². The van der Waals surface area contributed by atoms with E-state index >= 15 is 0 Å². The molecule has 0 N–H and O–H groups in total. The molecule has 1 rings (SSSR count). The van der Waals surface area contributed by atoms with Crippen molar-refractivity contribution in [1.29, 1.82) is 0 Å². The Morgan fingerprint density at radius 2 is 0.864 bits per heavy atom. The van der Waals surface area contributed by atoms with E-state index in [1.807, 2.05) is 0 Å². The number of hydrogen-bond acceptors (Lipinski definition) is 0. The summed E-state index contributed by atoms with van der Waals surface area (Å²) >= 11 is 0. The van der Waals surface area contributed by atoms with Crippen LogP contribution < -0.4 is 0 Å². The molecular formula is C12H4F10. The third-order valence-corrected chi connectivity index (χ3v) is 2.50. The monoisotopic (exact) mass is 338 g/mol. The third kappa shape index (κ3) is 3.60. The van der Waals surface area contributed by atoms with Gasteiger partial charge in [0.2, 0.25) is 0 Å². The number of hydrogen-bond donors (Lipinski definition) is 0. The van der Waals surface area contributed by atoms with Gasteiger partial charge in [0, 0.05) is 22.3 Å². The van der Waals surface area contributed by atoms with Crippen molar-refractivity contribution in [1.82, 2.24) is 0 Å². The minimum Gasteiger partial charge on any atom is -0.205 e. The summed E-state index contributed by atoms with van der Waals surface area (Å²) in [7, 11) is 0. The molecule has 0 saturated heterocycles. The lowest BCUT2D eigenvalue weighted by Crippen LogP contribution is -2.01. The molecular weight excluding hydrogens is 334 g/mol. The first-order chi connectivity index (χ1) is 10.1. The fourth-order valence-corrected chi connectivity index (χ4v) is 1.58. The topological polar surface area (TPSA) is 0 Å². The van der Waals surface area contributed by atoms with Gasteiger partial charge in [-0.25, -0.2) is 26.3 Å². The molecule has 0 aromatic heterocycles. The summed E-state index contributed by atoms with van der Waals surface area (Å²) in [6, 6.07) is -0.420. The summed E-state index contributed by atoms with van der Waals surface area (Å²) in [5.41, 5.74) is -6.50. The number of rotatable bonds is 4. The summed E-state index contributed by atoms with van der Waals surface area (Å²) in [4.78, 5) is 0. The molecule has 0 aliphatic carbocycles. The van der Waals surface area contributed by atoms with Crippen molar-refractivity contribution < 1.29 is 43.9 Å². The first kappa shape index (κ1) is 18.1. The Morgan fingerprint density at radius 3 is 1.05 bits per heavy atom. The fourth-order valence-electron chi connectivity index (χ4n) is 1.58. The lowest BCUT2D eigenvalue weighted by molar-refractivity contribution is 0.146. The van der Waals surface area contributed by atoms with Gasteiger partial charge in [-0.15, -0.1) is 0 Å². The minimum atomic E-state index is -3.69. The Kier molecular flexibility index (Phi) is 5.61. The number of halogens is 10. The lowest BCUT2D eigenvalue weighted by atomic mass is 9.97. The third-order valence-electron chi connectivity index (χ3n) is 2.50. The van der Waals surface area contributed by atoms with Crippen molar-refractivity contribution in [3.8, 4) is 0 Å². The van der Waals surface area contributed by atoms with E-state index in [4.69, 9.17) is 0 Å². The maximum Gasteiger partial charge on any atom is 0.306 e. The van der Waals surface area contributed by atoms with E-state index in [1.54, 1.807) is 0 Å². The molecule has 0 fully saturated rings. The average Bonchev–Trinajstić information content (AvgIpc) is 2.43. The molecule has 0 aliphatic rings. The molecule has 0 saturated carbocycles. The second-order valence-corrected chi connectivity index (χ2v) is 3.78. The van der Waals surface area contributed by atoms with Crippen molar-refractivity contribution in [3.05, 3.63) is 46.5 Å². The van der Waals surface area contributed by atoms with Crippen LogP contribution in [0.2, 0.25) is 0 Å². The van der Waals surface area contributed by atoms with Crippen LogP contribution in [0.15, 0.2) is 24.3 Å². The lowest BCUT2D eigenvalue weighted by Gasteiger charge is -2.13. The van der Waals surface area contributed by atoms with E-state index < -0.39 is 58.9 Å². The maximum atomic E-state index is 13.1. The van der Waals surface area contributed by atoms with Gasteiger partial charge in [-0.05, 0) is 12.1 Å². The molecule has 0 heterocycles. The molecule has 1 aromatic rings. The number of benzene rings is 1. The zero-order valence-electron chi connectivity index (χ0n) is 10.1. The van der Waals surface area contributed by atoms with Crippen molar-refractivity contribution in [3.63, 3.8) is 0 Å². The van der Waals surface area contributed by atoms with Crippen LogP contribution in [-0.4, -0.2) is 0 Å². The van der Waals surface area contributed by atoms with Crippen molar-refractivity contribution in [2.45, 2.75) is 12.9 Å². The molecule has 122 valence electrons. The van der Waals surface area contributed by atoms with Crippen molar-refractivity contribution in [2.75, 3.05) is 0 Å². The second kappa shape index (κ2) is 6.84. The minimum absolute atomic E-state index is 0.210. The second-order valence-electron chi connectivity index (χ2n) is 3.78. The highest BCUT2D eigenvalue weighted by atomic mass is 19.3. The van der Waals surface area contributed by atoms with Gasteiger partial charge in [0.15, 0.2) is 11.7 Å². The largest absolute Gasteiger partial charge is 0.306 e. The molecule has 0 amide bonds. The van der Waals surface area contributed by atoms with Crippen molar-refractivity contribution in [2.24, 2.45) is 0 Å². The molecule has 22 heavy (non-hydrogen) atoms. The molecule has 1 aromatic carbocycles. The first-order valence-electron chi connectivity index (χ1n) is 5.24. The molecule has 10 heteroatoms. The molecule has 0 radical (unpaired) electrons. The van der Waals surface area contributed by atoms with Gasteiger partial charge in [-0.3, -0.25) is 0 Å². The quantitative estimate of drug-likeness (QED) is 0.541. The summed E-state index contributed by atoms with van der Waals surface area (Å²) in [6.07, 6.45) is -13.5.